The quantitative estimate of drug-likeness (QED) is 0.0697. The summed E-state index contributed by atoms with van der Waals surface area (Å²) in [5.74, 6) is -3.49. The van der Waals surface area contributed by atoms with Crippen LogP contribution in [0, 0.1) is 4.91 Å². The van der Waals surface area contributed by atoms with Crippen molar-refractivity contribution in [3.05, 3.63) is 29.2 Å². The number of carbonyl (C=O) groups is 4. The maximum atomic E-state index is 12.4. The first-order valence-electron chi connectivity index (χ1n) is 10.3. The summed E-state index contributed by atoms with van der Waals surface area (Å²) in [7, 11) is 0. The number of rotatable bonds is 19. The van der Waals surface area contributed by atoms with Gasteiger partial charge in [0.1, 0.15) is 11.4 Å². The molecule has 0 aliphatic rings. The number of carboxylic acids is 3. The second kappa shape index (κ2) is 16.2. The lowest BCUT2D eigenvalue weighted by molar-refractivity contribution is -0.139. The fraction of sp³-hybridized carbons (Fsp3) is 0.500. The minimum absolute atomic E-state index is 0.152. The largest absolute Gasteiger partial charge is 0.480 e. The molecule has 0 amide bonds. The maximum absolute atomic E-state index is 12.4. The van der Waals surface area contributed by atoms with Gasteiger partial charge in [-0.3, -0.25) is 29.0 Å². The van der Waals surface area contributed by atoms with Gasteiger partial charge in [-0.1, -0.05) is 0 Å². The van der Waals surface area contributed by atoms with Crippen molar-refractivity contribution in [2.45, 2.75) is 0 Å². The van der Waals surface area contributed by atoms with E-state index in [0.29, 0.717) is 0 Å². The predicted molar refractivity (Wildman–Crippen MR) is 119 cm³/mol. The molecule has 0 heterocycles. The fourth-order valence-electron chi connectivity index (χ4n) is 2.80. The molecule has 0 saturated heterocycles. The molecule has 5 N–H and O–H groups in total. The van der Waals surface area contributed by atoms with Crippen molar-refractivity contribution in [1.82, 2.24) is 20.4 Å². The van der Waals surface area contributed by atoms with E-state index in [0.717, 1.165) is 0 Å². The highest BCUT2D eigenvalue weighted by molar-refractivity contribution is 5.74. The Morgan fingerprint density at radius 3 is 1.71 bits per heavy atom. The molecule has 34 heavy (non-hydrogen) atoms. The zero-order valence-electron chi connectivity index (χ0n) is 18.5. The van der Waals surface area contributed by atoms with Crippen LogP contribution in [0.5, 0.6) is 5.75 Å². The molecular formula is C20H29N5O9. The Morgan fingerprint density at radius 1 is 0.765 bits per heavy atom. The minimum atomic E-state index is -1.06. The summed E-state index contributed by atoms with van der Waals surface area (Å²) in [5, 5.41) is 34.7. The van der Waals surface area contributed by atoms with Crippen LogP contribution in [-0.4, -0.2) is 114 Å². The topological polar surface area (TPSA) is 198 Å². The molecule has 0 fully saturated rings. The Hall–Kier alpha value is -3.46. The molecule has 14 heteroatoms. The van der Waals surface area contributed by atoms with Gasteiger partial charge in [0.2, 0.25) is 0 Å². The molecule has 1 aromatic carbocycles. The summed E-state index contributed by atoms with van der Waals surface area (Å²) in [6.45, 7) is 0.666. The van der Waals surface area contributed by atoms with Gasteiger partial charge in [0, 0.05) is 39.3 Å². The highest BCUT2D eigenvalue weighted by Crippen LogP contribution is 2.17. The number of nitrogens with one attached hydrogen (secondary N) is 2. The maximum Gasteiger partial charge on any atom is 0.325 e. The summed E-state index contributed by atoms with van der Waals surface area (Å²) in [5.41, 5.74) is 0.183. The molecule has 1 aromatic rings. The molecule has 0 aromatic heterocycles. The van der Waals surface area contributed by atoms with E-state index in [9.17, 15) is 24.1 Å². The Labute approximate surface area is 195 Å². The number of aliphatic carboxylic acids is 3. The van der Waals surface area contributed by atoms with Crippen LogP contribution in [0.15, 0.2) is 29.4 Å². The van der Waals surface area contributed by atoms with Crippen molar-refractivity contribution >= 4 is 29.6 Å². The normalized spacial score (nSPS) is 10.9. The summed E-state index contributed by atoms with van der Waals surface area (Å²) in [6, 6.07) is 5.63. The van der Waals surface area contributed by atoms with Gasteiger partial charge < -0.3 is 30.7 Å². The second-order valence-electron chi connectivity index (χ2n) is 7.15. The standard InChI is InChI=1S/C20H29N5O9/c26-17(27)11-21-5-7-24(13-19(30)31)9-10-25(8-6-22-12-18(28)29)14-20(32)34-16-3-1-15(23-33)2-4-16/h1-4,21-22H,5-14H2,(H,26,27)(H,28,29)(H,30,31). The number of ether oxygens (including phenoxy) is 1. The molecule has 0 radical (unpaired) electrons. The van der Waals surface area contributed by atoms with E-state index in [4.69, 9.17) is 20.1 Å². The SMILES string of the molecule is O=Nc1ccc(OC(=O)CN(CCNCC(=O)O)CCN(CCNCC(=O)O)CC(=O)O)cc1. The Kier molecular flexibility index (Phi) is 13.6. The summed E-state index contributed by atoms with van der Waals surface area (Å²) in [6.07, 6.45) is 0. The third-order valence-electron chi connectivity index (χ3n) is 4.38. The van der Waals surface area contributed by atoms with Gasteiger partial charge in [-0.25, -0.2) is 0 Å². The van der Waals surface area contributed by atoms with Crippen molar-refractivity contribution in [3.8, 4) is 5.75 Å². The third kappa shape index (κ3) is 13.8. The Balaban J connectivity index is 2.67. The summed E-state index contributed by atoms with van der Waals surface area (Å²) < 4.78 is 5.25. The molecule has 0 atom stereocenters. The van der Waals surface area contributed by atoms with Gasteiger partial charge in [0.05, 0.1) is 26.2 Å². The first kappa shape index (κ1) is 28.6. The Morgan fingerprint density at radius 2 is 1.26 bits per heavy atom. The van der Waals surface area contributed by atoms with Gasteiger partial charge in [-0.05, 0) is 29.4 Å². The van der Waals surface area contributed by atoms with Crippen LogP contribution in [0.1, 0.15) is 0 Å². The van der Waals surface area contributed by atoms with Crippen molar-refractivity contribution in [2.75, 3.05) is 65.4 Å². The van der Waals surface area contributed by atoms with Crippen LogP contribution in [0.2, 0.25) is 0 Å². The average Bonchev–Trinajstić information content (AvgIpc) is 2.77. The smallest absolute Gasteiger partial charge is 0.325 e. The molecule has 1 rings (SSSR count). The highest BCUT2D eigenvalue weighted by atomic mass is 16.5. The number of hydrogen-bond donors (Lipinski definition) is 5. The number of nitrogens with zero attached hydrogens (tertiary/aromatic N) is 3. The van der Waals surface area contributed by atoms with Crippen molar-refractivity contribution < 1.29 is 39.2 Å². The van der Waals surface area contributed by atoms with Crippen LogP contribution in [0.3, 0.4) is 0 Å². The summed E-state index contributed by atoms with van der Waals surface area (Å²) >= 11 is 0. The van der Waals surface area contributed by atoms with Gasteiger partial charge in [0.15, 0.2) is 0 Å². The van der Waals surface area contributed by atoms with Crippen LogP contribution in [0.4, 0.5) is 5.69 Å². The van der Waals surface area contributed by atoms with Gasteiger partial charge in [-0.2, -0.15) is 0 Å². The number of nitroso groups, excluding NO2 is 1. The first-order valence-corrected chi connectivity index (χ1v) is 10.3. The molecule has 0 bridgehead atoms. The number of hydrogen-bond acceptors (Lipinski definition) is 11. The van der Waals surface area contributed by atoms with E-state index in [-0.39, 0.29) is 76.9 Å². The lowest BCUT2D eigenvalue weighted by Gasteiger charge is -2.26. The first-order chi connectivity index (χ1) is 16.2. The third-order valence-corrected chi connectivity index (χ3v) is 4.38. The lowest BCUT2D eigenvalue weighted by Crippen LogP contribution is -2.45. The highest BCUT2D eigenvalue weighted by Gasteiger charge is 2.16. The van der Waals surface area contributed by atoms with E-state index in [1.165, 1.54) is 24.3 Å². The Bertz CT molecular complexity index is 819. The number of carboxylic acid groups (broad SMARTS) is 3. The molecule has 0 aliphatic carbocycles. The second-order valence-corrected chi connectivity index (χ2v) is 7.15. The number of carbonyl (C=O) groups excluding carboxylic acids is 1. The van der Waals surface area contributed by atoms with Gasteiger partial charge in [0.25, 0.3) is 0 Å². The number of esters is 1. The van der Waals surface area contributed by atoms with E-state index < -0.39 is 23.9 Å². The summed E-state index contributed by atoms with van der Waals surface area (Å²) in [4.78, 5) is 58.6. The van der Waals surface area contributed by atoms with Crippen LogP contribution in [-0.2, 0) is 19.2 Å². The van der Waals surface area contributed by atoms with Crippen molar-refractivity contribution in [3.63, 3.8) is 0 Å². The van der Waals surface area contributed by atoms with Crippen molar-refractivity contribution in [2.24, 2.45) is 5.18 Å². The monoisotopic (exact) mass is 483 g/mol. The van der Waals surface area contributed by atoms with E-state index in [1.807, 2.05) is 0 Å². The molecule has 188 valence electrons. The molecule has 0 spiro atoms. The van der Waals surface area contributed by atoms with E-state index >= 15 is 0 Å². The lowest BCUT2D eigenvalue weighted by atomic mass is 10.3. The van der Waals surface area contributed by atoms with Crippen LogP contribution in [0.25, 0.3) is 0 Å². The molecule has 0 aliphatic heterocycles. The molecular weight excluding hydrogens is 454 g/mol. The molecule has 0 saturated carbocycles. The van der Waals surface area contributed by atoms with Crippen LogP contribution < -0.4 is 15.4 Å². The van der Waals surface area contributed by atoms with Gasteiger partial charge >= 0.3 is 23.9 Å². The van der Waals surface area contributed by atoms with Crippen molar-refractivity contribution in [1.29, 1.82) is 0 Å². The number of benzene rings is 1. The van der Waals surface area contributed by atoms with E-state index in [2.05, 4.69) is 15.8 Å². The zero-order valence-corrected chi connectivity index (χ0v) is 18.5. The average molecular weight is 483 g/mol. The molecule has 14 nitrogen and oxygen atoms in total. The minimum Gasteiger partial charge on any atom is -0.480 e. The predicted octanol–water partition coefficient (Wildman–Crippen LogP) is -0.973. The fourth-order valence-corrected chi connectivity index (χ4v) is 2.80. The van der Waals surface area contributed by atoms with Gasteiger partial charge in [-0.15, -0.1) is 4.91 Å². The zero-order chi connectivity index (χ0) is 25.3. The molecule has 0 unspecified atom stereocenters. The van der Waals surface area contributed by atoms with Crippen LogP contribution >= 0.6 is 0 Å². The van der Waals surface area contributed by atoms with E-state index in [1.54, 1.807) is 9.80 Å².